The van der Waals surface area contributed by atoms with Crippen LogP contribution in [0.3, 0.4) is 0 Å². The van der Waals surface area contributed by atoms with Crippen LogP contribution in [0.2, 0.25) is 10.2 Å². The predicted octanol–water partition coefficient (Wildman–Crippen LogP) is 3.17. The lowest BCUT2D eigenvalue weighted by atomic mass is 10.0. The molecule has 2 heterocycles. The Morgan fingerprint density at radius 2 is 1.91 bits per heavy atom. The molecule has 0 amide bonds. The molecule has 0 aliphatic carbocycles. The van der Waals surface area contributed by atoms with Crippen molar-refractivity contribution in [1.82, 2.24) is 4.98 Å². The second kappa shape index (κ2) is 5.53. The third-order valence-corrected chi connectivity index (χ3v) is 5.84. The highest BCUT2D eigenvalue weighted by atomic mass is 35.5. The highest BCUT2D eigenvalue weighted by Gasteiger charge is 2.32. The van der Waals surface area contributed by atoms with Crippen LogP contribution in [-0.4, -0.2) is 25.7 Å². The molecule has 0 N–H and O–H groups in total. The van der Waals surface area contributed by atoms with Crippen molar-refractivity contribution in [3.8, 4) is 0 Å². The molecule has 114 valence electrons. The first kappa shape index (κ1) is 15.3. The Hall–Kier alpha value is -1.63. The topological polar surface area (TPSA) is 67.3 Å². The molecular weight excluding hydrogens is 347 g/mol. The minimum Gasteiger partial charge on any atom is -0.294 e. The SMILES string of the molecule is O=C1CCN(S(=O)(=O)c2cnc(Cl)c(Cl)c2)c2ccccc21. The molecule has 0 saturated carbocycles. The van der Waals surface area contributed by atoms with Crippen LogP contribution in [0.15, 0.2) is 41.4 Å². The van der Waals surface area contributed by atoms with E-state index in [2.05, 4.69) is 4.98 Å². The molecule has 0 bridgehead atoms. The van der Waals surface area contributed by atoms with Crippen LogP contribution in [0, 0.1) is 0 Å². The van der Waals surface area contributed by atoms with Gasteiger partial charge in [0, 0.05) is 24.7 Å². The molecule has 1 aromatic carbocycles. The minimum atomic E-state index is -3.86. The number of pyridine rings is 1. The maximum atomic E-state index is 12.8. The van der Waals surface area contributed by atoms with Crippen molar-refractivity contribution in [3.63, 3.8) is 0 Å². The van der Waals surface area contributed by atoms with Gasteiger partial charge in [-0.1, -0.05) is 35.3 Å². The number of para-hydroxylation sites is 1. The van der Waals surface area contributed by atoms with Gasteiger partial charge < -0.3 is 0 Å². The number of carbonyl (C=O) groups excluding carboxylic acids is 1. The lowest BCUT2D eigenvalue weighted by molar-refractivity contribution is 0.0982. The number of sulfonamides is 1. The van der Waals surface area contributed by atoms with Gasteiger partial charge in [0.25, 0.3) is 10.0 Å². The highest BCUT2D eigenvalue weighted by molar-refractivity contribution is 7.92. The largest absolute Gasteiger partial charge is 0.294 e. The van der Waals surface area contributed by atoms with Gasteiger partial charge in [0.1, 0.15) is 10.0 Å². The van der Waals surface area contributed by atoms with Crippen molar-refractivity contribution >= 4 is 44.7 Å². The number of hydrogen-bond acceptors (Lipinski definition) is 4. The molecule has 5 nitrogen and oxygen atoms in total. The van der Waals surface area contributed by atoms with E-state index >= 15 is 0 Å². The first-order valence-corrected chi connectivity index (χ1v) is 8.57. The average Bonchev–Trinajstić information content (AvgIpc) is 2.50. The number of rotatable bonds is 2. The maximum absolute atomic E-state index is 12.8. The lowest BCUT2D eigenvalue weighted by Gasteiger charge is -2.29. The Balaban J connectivity index is 2.12. The molecule has 3 rings (SSSR count). The van der Waals surface area contributed by atoms with Crippen molar-refractivity contribution in [3.05, 3.63) is 52.3 Å². The van der Waals surface area contributed by atoms with E-state index in [9.17, 15) is 13.2 Å². The van der Waals surface area contributed by atoms with Gasteiger partial charge in [0.05, 0.1) is 10.7 Å². The molecule has 1 aliphatic rings. The van der Waals surface area contributed by atoms with Crippen LogP contribution in [-0.2, 0) is 10.0 Å². The van der Waals surface area contributed by atoms with Gasteiger partial charge in [-0.25, -0.2) is 13.4 Å². The van der Waals surface area contributed by atoms with Crippen molar-refractivity contribution in [2.75, 3.05) is 10.8 Å². The second-order valence-electron chi connectivity index (χ2n) is 4.71. The summed E-state index contributed by atoms with van der Waals surface area (Å²) in [5.41, 5.74) is 0.759. The van der Waals surface area contributed by atoms with E-state index in [0.29, 0.717) is 11.3 Å². The van der Waals surface area contributed by atoms with Crippen molar-refractivity contribution < 1.29 is 13.2 Å². The number of aromatic nitrogens is 1. The number of ketones is 1. The van der Waals surface area contributed by atoms with E-state index in [4.69, 9.17) is 23.2 Å². The molecule has 0 saturated heterocycles. The summed E-state index contributed by atoms with van der Waals surface area (Å²) in [6.45, 7) is 0.0818. The van der Waals surface area contributed by atoms with E-state index in [1.807, 2.05) is 0 Å². The summed E-state index contributed by atoms with van der Waals surface area (Å²) in [7, 11) is -3.86. The van der Waals surface area contributed by atoms with Gasteiger partial charge in [-0.3, -0.25) is 9.10 Å². The van der Waals surface area contributed by atoms with Gasteiger partial charge in [0.2, 0.25) is 0 Å². The fraction of sp³-hybridized carbons (Fsp3) is 0.143. The molecule has 0 unspecified atom stereocenters. The average molecular weight is 357 g/mol. The monoisotopic (exact) mass is 356 g/mol. The number of carbonyl (C=O) groups is 1. The Morgan fingerprint density at radius 1 is 1.18 bits per heavy atom. The van der Waals surface area contributed by atoms with E-state index in [1.54, 1.807) is 24.3 Å². The standard InChI is InChI=1S/C14H10Cl2N2O3S/c15-11-7-9(8-17-14(11)16)22(20,21)18-6-5-13(19)10-3-1-2-4-12(10)18/h1-4,7-8H,5-6H2. The molecular formula is C14H10Cl2N2O3S. The Kier molecular flexibility index (Phi) is 3.84. The van der Waals surface area contributed by atoms with Gasteiger partial charge in [0.15, 0.2) is 5.78 Å². The van der Waals surface area contributed by atoms with Gasteiger partial charge in [-0.05, 0) is 18.2 Å². The quantitative estimate of drug-likeness (QED) is 0.775. The number of nitrogens with zero attached hydrogens (tertiary/aromatic N) is 2. The molecule has 0 fully saturated rings. The summed E-state index contributed by atoms with van der Waals surface area (Å²) in [4.78, 5) is 15.6. The maximum Gasteiger partial charge on any atom is 0.265 e. The van der Waals surface area contributed by atoms with E-state index in [-0.39, 0.29) is 33.8 Å². The lowest BCUT2D eigenvalue weighted by Crippen LogP contribution is -2.37. The van der Waals surface area contributed by atoms with Crippen LogP contribution >= 0.6 is 23.2 Å². The van der Waals surface area contributed by atoms with Crippen LogP contribution in [0.1, 0.15) is 16.8 Å². The number of halogens is 2. The van der Waals surface area contributed by atoms with E-state index < -0.39 is 10.0 Å². The zero-order chi connectivity index (χ0) is 15.9. The first-order chi connectivity index (χ1) is 10.4. The van der Waals surface area contributed by atoms with Crippen molar-refractivity contribution in [2.24, 2.45) is 0 Å². The normalized spacial score (nSPS) is 14.8. The van der Waals surface area contributed by atoms with E-state index in [0.717, 1.165) is 6.20 Å². The van der Waals surface area contributed by atoms with E-state index in [1.165, 1.54) is 10.4 Å². The number of benzene rings is 1. The fourth-order valence-corrected chi connectivity index (χ4v) is 4.10. The Bertz CT molecular complexity index is 868. The van der Waals surface area contributed by atoms with Gasteiger partial charge in [-0.2, -0.15) is 0 Å². The van der Waals surface area contributed by atoms with Crippen LogP contribution in [0.25, 0.3) is 0 Å². The van der Waals surface area contributed by atoms with Gasteiger partial charge >= 0.3 is 0 Å². The summed E-state index contributed by atoms with van der Waals surface area (Å²) >= 11 is 11.6. The summed E-state index contributed by atoms with van der Waals surface area (Å²) in [6.07, 6.45) is 1.29. The molecule has 0 radical (unpaired) electrons. The fourth-order valence-electron chi connectivity index (χ4n) is 2.31. The zero-order valence-corrected chi connectivity index (χ0v) is 13.5. The summed E-state index contributed by atoms with van der Waals surface area (Å²) in [5, 5.41) is 0.0963. The number of hydrogen-bond donors (Lipinski definition) is 0. The summed E-state index contributed by atoms with van der Waals surface area (Å²) < 4.78 is 26.8. The van der Waals surface area contributed by atoms with Crippen molar-refractivity contribution in [2.45, 2.75) is 11.3 Å². The molecule has 2 aromatic rings. The Morgan fingerprint density at radius 3 is 2.64 bits per heavy atom. The van der Waals surface area contributed by atoms with Crippen molar-refractivity contribution in [1.29, 1.82) is 0 Å². The molecule has 1 aromatic heterocycles. The summed E-state index contributed by atoms with van der Waals surface area (Å²) in [6, 6.07) is 7.87. The van der Waals surface area contributed by atoms with Crippen LogP contribution < -0.4 is 4.31 Å². The molecule has 1 aliphatic heterocycles. The minimum absolute atomic E-state index is 0.0369. The van der Waals surface area contributed by atoms with Crippen LogP contribution in [0.5, 0.6) is 0 Å². The highest BCUT2D eigenvalue weighted by Crippen LogP contribution is 2.32. The second-order valence-corrected chi connectivity index (χ2v) is 7.34. The zero-order valence-electron chi connectivity index (χ0n) is 11.2. The molecule has 0 atom stereocenters. The number of fused-ring (bicyclic) bond motifs is 1. The smallest absolute Gasteiger partial charge is 0.265 e. The first-order valence-electron chi connectivity index (χ1n) is 6.37. The number of Topliss-reactive ketones (excluding diaryl/α,β-unsaturated/α-hetero) is 1. The third-order valence-electron chi connectivity index (χ3n) is 3.37. The Labute approximate surface area is 137 Å². The summed E-state index contributed by atoms with van der Waals surface area (Å²) in [5.74, 6) is -0.0747. The van der Waals surface area contributed by atoms with Crippen LogP contribution in [0.4, 0.5) is 5.69 Å². The predicted molar refractivity (Wildman–Crippen MR) is 84.2 cm³/mol. The third kappa shape index (κ3) is 2.47. The van der Waals surface area contributed by atoms with Gasteiger partial charge in [-0.15, -0.1) is 0 Å². The molecule has 0 spiro atoms. The number of anilines is 1. The molecule has 22 heavy (non-hydrogen) atoms. The molecule has 8 heteroatoms.